The summed E-state index contributed by atoms with van der Waals surface area (Å²) in [6.45, 7) is 6.10. The minimum absolute atomic E-state index is 0.133. The van der Waals surface area contributed by atoms with Crippen LogP contribution >= 0.6 is 11.6 Å². The summed E-state index contributed by atoms with van der Waals surface area (Å²) >= 11 is 6.01. The summed E-state index contributed by atoms with van der Waals surface area (Å²) in [5.74, 6) is 1.31. The lowest BCUT2D eigenvalue weighted by Crippen LogP contribution is -2.22. The summed E-state index contributed by atoms with van der Waals surface area (Å²) in [5.41, 5.74) is 2.13. The van der Waals surface area contributed by atoms with Crippen LogP contribution in [0.4, 0.5) is 0 Å². The molecule has 104 valence electrons. The SMILES string of the molecule is COCCC(C)(C)Cn1c(CCl)nc2cnccc21. The van der Waals surface area contributed by atoms with E-state index >= 15 is 0 Å². The van der Waals surface area contributed by atoms with E-state index in [0.29, 0.717) is 5.88 Å². The lowest BCUT2D eigenvalue weighted by atomic mass is 9.89. The number of rotatable bonds is 6. The van der Waals surface area contributed by atoms with Crippen molar-refractivity contribution in [1.82, 2.24) is 14.5 Å². The third kappa shape index (κ3) is 3.25. The fourth-order valence-corrected chi connectivity index (χ4v) is 2.40. The number of ether oxygens (including phenoxy) is 1. The summed E-state index contributed by atoms with van der Waals surface area (Å²) in [4.78, 5) is 8.64. The van der Waals surface area contributed by atoms with Crippen molar-refractivity contribution in [3.8, 4) is 0 Å². The summed E-state index contributed by atoms with van der Waals surface area (Å²) in [7, 11) is 1.73. The quantitative estimate of drug-likeness (QED) is 0.763. The van der Waals surface area contributed by atoms with Crippen molar-refractivity contribution in [3.05, 3.63) is 24.3 Å². The molecule has 5 heteroatoms. The van der Waals surface area contributed by atoms with Crippen LogP contribution in [0.2, 0.25) is 0 Å². The lowest BCUT2D eigenvalue weighted by Gasteiger charge is -2.26. The minimum Gasteiger partial charge on any atom is -0.385 e. The summed E-state index contributed by atoms with van der Waals surface area (Å²) in [6.07, 6.45) is 4.57. The van der Waals surface area contributed by atoms with Gasteiger partial charge in [0.15, 0.2) is 0 Å². The number of nitrogens with zero attached hydrogens (tertiary/aromatic N) is 3. The van der Waals surface area contributed by atoms with E-state index < -0.39 is 0 Å². The zero-order valence-electron chi connectivity index (χ0n) is 11.7. The van der Waals surface area contributed by atoms with Crippen LogP contribution in [0.15, 0.2) is 18.5 Å². The highest BCUT2D eigenvalue weighted by molar-refractivity contribution is 6.16. The number of halogens is 1. The third-order valence-corrected chi connectivity index (χ3v) is 3.56. The highest BCUT2D eigenvalue weighted by Gasteiger charge is 2.21. The van der Waals surface area contributed by atoms with Crippen molar-refractivity contribution in [2.45, 2.75) is 32.7 Å². The number of hydrogen-bond acceptors (Lipinski definition) is 3. The smallest absolute Gasteiger partial charge is 0.124 e. The normalized spacial score (nSPS) is 12.2. The number of methoxy groups -OCH3 is 1. The van der Waals surface area contributed by atoms with E-state index in [0.717, 1.165) is 36.4 Å². The van der Waals surface area contributed by atoms with Gasteiger partial charge in [-0.2, -0.15) is 0 Å². The molecule has 4 nitrogen and oxygen atoms in total. The second kappa shape index (κ2) is 5.88. The van der Waals surface area contributed by atoms with Crippen molar-refractivity contribution in [2.24, 2.45) is 5.41 Å². The molecule has 2 aromatic heterocycles. The van der Waals surface area contributed by atoms with Crippen LogP contribution in [0.1, 0.15) is 26.1 Å². The molecule has 2 rings (SSSR count). The van der Waals surface area contributed by atoms with Gasteiger partial charge in [-0.1, -0.05) is 13.8 Å². The standard InChI is InChI=1S/C14H20ClN3O/c1-14(2,5-7-19-3)10-18-12-4-6-16-9-11(12)17-13(18)8-15/h4,6,9H,5,7-8,10H2,1-3H3. The van der Waals surface area contributed by atoms with Gasteiger partial charge in [0.05, 0.1) is 17.6 Å². The molecule has 0 aromatic carbocycles. The monoisotopic (exact) mass is 281 g/mol. The number of alkyl halides is 1. The minimum atomic E-state index is 0.133. The molecular formula is C14H20ClN3O. The summed E-state index contributed by atoms with van der Waals surface area (Å²) < 4.78 is 7.37. The molecule has 0 N–H and O–H groups in total. The Bertz CT molecular complexity index is 551. The van der Waals surface area contributed by atoms with E-state index in [-0.39, 0.29) is 5.41 Å². The number of pyridine rings is 1. The van der Waals surface area contributed by atoms with E-state index in [2.05, 4.69) is 28.4 Å². The predicted octanol–water partition coefficient (Wildman–Crippen LogP) is 3.23. The molecule has 0 saturated heterocycles. The first kappa shape index (κ1) is 14.3. The molecule has 0 radical (unpaired) electrons. The second-order valence-corrected chi connectivity index (χ2v) is 5.79. The first-order valence-electron chi connectivity index (χ1n) is 6.41. The lowest BCUT2D eigenvalue weighted by molar-refractivity contribution is 0.143. The maximum atomic E-state index is 6.01. The average Bonchev–Trinajstić information content (AvgIpc) is 2.74. The first-order chi connectivity index (χ1) is 9.07. The van der Waals surface area contributed by atoms with Gasteiger partial charge in [-0.05, 0) is 17.9 Å². The Labute approximate surface area is 118 Å². The van der Waals surface area contributed by atoms with Crippen LogP contribution in [0, 0.1) is 5.41 Å². The molecule has 0 unspecified atom stereocenters. The van der Waals surface area contributed by atoms with Crippen molar-refractivity contribution in [3.63, 3.8) is 0 Å². The van der Waals surface area contributed by atoms with Gasteiger partial charge in [0, 0.05) is 26.5 Å². The van der Waals surface area contributed by atoms with Crippen LogP contribution in [0.5, 0.6) is 0 Å². The average molecular weight is 282 g/mol. The van der Waals surface area contributed by atoms with Crippen LogP contribution in [-0.4, -0.2) is 28.3 Å². The Morgan fingerprint density at radius 3 is 2.89 bits per heavy atom. The van der Waals surface area contributed by atoms with Gasteiger partial charge >= 0.3 is 0 Å². The zero-order valence-corrected chi connectivity index (χ0v) is 12.4. The zero-order chi connectivity index (χ0) is 13.9. The van der Waals surface area contributed by atoms with Gasteiger partial charge in [-0.3, -0.25) is 4.98 Å². The molecule has 0 aliphatic carbocycles. The van der Waals surface area contributed by atoms with E-state index in [1.165, 1.54) is 0 Å². The van der Waals surface area contributed by atoms with Crippen molar-refractivity contribution in [1.29, 1.82) is 0 Å². The molecule has 0 aliphatic rings. The predicted molar refractivity (Wildman–Crippen MR) is 77.4 cm³/mol. The molecule has 0 bridgehead atoms. The fraction of sp³-hybridized carbons (Fsp3) is 0.571. The fourth-order valence-electron chi connectivity index (χ4n) is 2.20. The van der Waals surface area contributed by atoms with Crippen LogP contribution in [-0.2, 0) is 17.2 Å². The van der Waals surface area contributed by atoms with E-state index in [1.54, 1.807) is 19.5 Å². The molecule has 2 aromatic rings. The molecule has 0 spiro atoms. The topological polar surface area (TPSA) is 39.9 Å². The van der Waals surface area contributed by atoms with Crippen LogP contribution in [0.3, 0.4) is 0 Å². The van der Waals surface area contributed by atoms with Crippen LogP contribution in [0.25, 0.3) is 11.0 Å². The van der Waals surface area contributed by atoms with Crippen molar-refractivity contribution < 1.29 is 4.74 Å². The Kier molecular flexibility index (Phi) is 4.42. The Balaban J connectivity index is 2.33. The summed E-state index contributed by atoms with van der Waals surface area (Å²) in [6, 6.07) is 1.99. The molecule has 0 fully saturated rings. The van der Waals surface area contributed by atoms with E-state index in [4.69, 9.17) is 16.3 Å². The molecule has 0 aliphatic heterocycles. The van der Waals surface area contributed by atoms with Gasteiger partial charge in [-0.15, -0.1) is 11.6 Å². The van der Waals surface area contributed by atoms with Gasteiger partial charge < -0.3 is 9.30 Å². The van der Waals surface area contributed by atoms with Crippen molar-refractivity contribution >= 4 is 22.6 Å². The molecular weight excluding hydrogens is 262 g/mol. The van der Waals surface area contributed by atoms with E-state index in [1.807, 2.05) is 6.07 Å². The number of aromatic nitrogens is 3. The Hall–Kier alpha value is -1.13. The van der Waals surface area contributed by atoms with Gasteiger partial charge in [0.2, 0.25) is 0 Å². The Morgan fingerprint density at radius 2 is 2.21 bits per heavy atom. The van der Waals surface area contributed by atoms with Crippen molar-refractivity contribution in [2.75, 3.05) is 13.7 Å². The Morgan fingerprint density at radius 1 is 1.42 bits per heavy atom. The molecule has 0 saturated carbocycles. The van der Waals surface area contributed by atoms with Gasteiger partial charge in [-0.25, -0.2) is 4.98 Å². The highest BCUT2D eigenvalue weighted by Crippen LogP contribution is 2.27. The van der Waals surface area contributed by atoms with Gasteiger partial charge in [0.1, 0.15) is 11.3 Å². The number of fused-ring (bicyclic) bond motifs is 1. The molecule has 0 amide bonds. The molecule has 19 heavy (non-hydrogen) atoms. The van der Waals surface area contributed by atoms with Gasteiger partial charge in [0.25, 0.3) is 0 Å². The third-order valence-electron chi connectivity index (χ3n) is 3.32. The number of imidazole rings is 1. The highest BCUT2D eigenvalue weighted by atomic mass is 35.5. The second-order valence-electron chi connectivity index (χ2n) is 5.52. The maximum Gasteiger partial charge on any atom is 0.124 e. The van der Waals surface area contributed by atoms with E-state index in [9.17, 15) is 0 Å². The first-order valence-corrected chi connectivity index (χ1v) is 6.95. The summed E-state index contributed by atoms with van der Waals surface area (Å²) in [5, 5.41) is 0. The maximum absolute atomic E-state index is 6.01. The number of hydrogen-bond donors (Lipinski definition) is 0. The molecule has 0 atom stereocenters. The molecule has 2 heterocycles. The largest absolute Gasteiger partial charge is 0.385 e. The van der Waals surface area contributed by atoms with Crippen LogP contribution < -0.4 is 0 Å².